The number of rotatable bonds is 8. The van der Waals surface area contributed by atoms with Crippen molar-refractivity contribution in [2.45, 2.75) is 12.8 Å². The second-order valence-electron chi connectivity index (χ2n) is 5.96. The van der Waals surface area contributed by atoms with E-state index in [2.05, 4.69) is 25.5 Å². The maximum atomic E-state index is 12.2. The number of methoxy groups -OCH3 is 1. The van der Waals surface area contributed by atoms with Gasteiger partial charge in [-0.25, -0.2) is 4.98 Å². The smallest absolute Gasteiger partial charge is 0.303 e. The SMILES string of the molecule is COc1ccccc1N=NC=c1[nH]c(=O)c(=Cc2cnc(NC(=O)CCC(=O)O)s2)s1. The molecule has 0 fully saturated rings. The Morgan fingerprint density at radius 1 is 1.29 bits per heavy atom. The molecule has 3 aromatic rings. The molecule has 2 heterocycles. The summed E-state index contributed by atoms with van der Waals surface area (Å²) in [6.45, 7) is 0. The van der Waals surface area contributed by atoms with Crippen molar-refractivity contribution in [3.8, 4) is 5.75 Å². The molecule has 12 heteroatoms. The summed E-state index contributed by atoms with van der Waals surface area (Å²) in [5, 5.41) is 19.6. The number of carboxylic acid groups (broad SMARTS) is 1. The van der Waals surface area contributed by atoms with Crippen molar-refractivity contribution in [2.75, 3.05) is 12.4 Å². The molecule has 0 unspecified atom stereocenters. The molecule has 0 atom stereocenters. The topological polar surface area (TPSA) is 146 Å². The van der Waals surface area contributed by atoms with E-state index in [0.717, 1.165) is 0 Å². The van der Waals surface area contributed by atoms with E-state index in [9.17, 15) is 14.4 Å². The molecule has 0 saturated carbocycles. The van der Waals surface area contributed by atoms with Gasteiger partial charge in [0.15, 0.2) is 5.13 Å². The third-order valence-corrected chi connectivity index (χ3v) is 5.53. The highest BCUT2D eigenvalue weighted by Crippen LogP contribution is 2.26. The lowest BCUT2D eigenvalue weighted by Crippen LogP contribution is -2.19. The fourth-order valence-corrected chi connectivity index (χ4v) is 3.98. The molecule has 1 aromatic carbocycles. The summed E-state index contributed by atoms with van der Waals surface area (Å²) in [5.74, 6) is -0.894. The standard InChI is InChI=1S/C19H17N5O5S2/c1-29-13-5-3-2-4-12(13)24-21-10-16-23-18(28)14(31-16)8-11-9-20-19(30-11)22-15(25)6-7-17(26)27/h2-5,8-10H,6-7H2,1H3,(H,23,28)(H,26,27)(H,20,22,25). The number of thiazole rings is 2. The van der Waals surface area contributed by atoms with Crippen LogP contribution in [-0.2, 0) is 9.59 Å². The highest BCUT2D eigenvalue weighted by atomic mass is 32.1. The van der Waals surface area contributed by atoms with Crippen LogP contribution in [0.1, 0.15) is 17.7 Å². The number of amides is 1. The van der Waals surface area contributed by atoms with Crippen molar-refractivity contribution < 1.29 is 19.4 Å². The number of anilines is 1. The van der Waals surface area contributed by atoms with Gasteiger partial charge in [-0.05, 0) is 18.2 Å². The number of aliphatic carboxylic acids is 1. The lowest BCUT2D eigenvalue weighted by molar-refractivity contribution is -0.138. The normalized spacial score (nSPS) is 12.4. The Bertz CT molecular complexity index is 1290. The Labute approximate surface area is 183 Å². The van der Waals surface area contributed by atoms with E-state index in [0.29, 0.717) is 30.6 Å². The van der Waals surface area contributed by atoms with Crippen molar-refractivity contribution in [1.29, 1.82) is 0 Å². The van der Waals surface area contributed by atoms with Crippen LogP contribution in [0.5, 0.6) is 5.75 Å². The summed E-state index contributed by atoms with van der Waals surface area (Å²) in [7, 11) is 1.54. The monoisotopic (exact) mass is 459 g/mol. The van der Waals surface area contributed by atoms with Crippen LogP contribution in [0, 0.1) is 0 Å². The number of hydrogen-bond donors (Lipinski definition) is 3. The summed E-state index contributed by atoms with van der Waals surface area (Å²) < 4.78 is 6.15. The van der Waals surface area contributed by atoms with Gasteiger partial charge in [-0.15, -0.1) is 16.5 Å². The van der Waals surface area contributed by atoms with Crippen LogP contribution in [-0.4, -0.2) is 34.1 Å². The molecular weight excluding hydrogens is 442 g/mol. The molecule has 2 aromatic heterocycles. The minimum Gasteiger partial charge on any atom is -0.494 e. The number of carboxylic acids is 1. The van der Waals surface area contributed by atoms with Gasteiger partial charge >= 0.3 is 5.97 Å². The first-order valence-electron chi connectivity index (χ1n) is 8.87. The van der Waals surface area contributed by atoms with Crippen molar-refractivity contribution >= 4 is 57.6 Å². The molecule has 10 nitrogen and oxygen atoms in total. The Hall–Kier alpha value is -3.64. The number of azo groups is 1. The number of nitrogens with zero attached hydrogens (tertiary/aromatic N) is 3. The zero-order valence-corrected chi connectivity index (χ0v) is 17.8. The number of benzene rings is 1. The average Bonchev–Trinajstić information content (AvgIpc) is 3.33. The van der Waals surface area contributed by atoms with Crippen LogP contribution in [0.2, 0.25) is 0 Å². The summed E-state index contributed by atoms with van der Waals surface area (Å²) in [4.78, 5) is 41.8. The van der Waals surface area contributed by atoms with E-state index in [1.807, 2.05) is 12.1 Å². The quantitative estimate of drug-likeness (QED) is 0.440. The molecule has 1 amide bonds. The van der Waals surface area contributed by atoms with Gasteiger partial charge in [-0.1, -0.05) is 23.5 Å². The number of ether oxygens (including phenoxy) is 1. The first-order valence-corrected chi connectivity index (χ1v) is 10.5. The Kier molecular flexibility index (Phi) is 7.40. The van der Waals surface area contributed by atoms with Gasteiger partial charge in [-0.3, -0.25) is 14.4 Å². The molecule has 0 bridgehead atoms. The molecule has 0 aliphatic rings. The van der Waals surface area contributed by atoms with Crippen LogP contribution in [0.4, 0.5) is 10.8 Å². The zero-order valence-electron chi connectivity index (χ0n) is 16.2. The van der Waals surface area contributed by atoms with Gasteiger partial charge in [0.05, 0.1) is 29.1 Å². The van der Waals surface area contributed by atoms with Crippen molar-refractivity contribution in [3.05, 3.63) is 54.9 Å². The summed E-state index contributed by atoms with van der Waals surface area (Å²) in [6.07, 6.45) is 4.20. The predicted molar refractivity (Wildman–Crippen MR) is 117 cm³/mol. The molecule has 31 heavy (non-hydrogen) atoms. The van der Waals surface area contributed by atoms with Gasteiger partial charge < -0.3 is 20.1 Å². The Balaban J connectivity index is 1.73. The van der Waals surface area contributed by atoms with Crippen LogP contribution >= 0.6 is 22.7 Å². The van der Waals surface area contributed by atoms with Gasteiger partial charge in [0.25, 0.3) is 5.56 Å². The maximum Gasteiger partial charge on any atom is 0.303 e. The number of H-pyrrole nitrogens is 1. The Morgan fingerprint density at radius 3 is 2.87 bits per heavy atom. The number of aromatic nitrogens is 2. The summed E-state index contributed by atoms with van der Waals surface area (Å²) >= 11 is 2.37. The van der Waals surface area contributed by atoms with Gasteiger partial charge in [0, 0.05) is 12.6 Å². The molecule has 160 valence electrons. The minimum absolute atomic E-state index is 0.138. The van der Waals surface area contributed by atoms with E-state index in [4.69, 9.17) is 9.84 Å². The van der Waals surface area contributed by atoms with E-state index < -0.39 is 11.9 Å². The number of carbonyl (C=O) groups is 2. The molecule has 0 aliphatic heterocycles. The van der Waals surface area contributed by atoms with E-state index in [-0.39, 0.29) is 18.4 Å². The number of hydrogen-bond acceptors (Lipinski definition) is 9. The fraction of sp³-hybridized carbons (Fsp3) is 0.158. The first-order chi connectivity index (χ1) is 14.9. The predicted octanol–water partition coefficient (Wildman–Crippen LogP) is 2.06. The number of nitrogens with one attached hydrogen (secondary N) is 2. The maximum absolute atomic E-state index is 12.2. The third-order valence-electron chi connectivity index (χ3n) is 3.72. The minimum atomic E-state index is -1.05. The molecular formula is C19H17N5O5S2. The van der Waals surface area contributed by atoms with Gasteiger partial charge in [0.1, 0.15) is 16.1 Å². The van der Waals surface area contributed by atoms with Crippen LogP contribution in [0.3, 0.4) is 0 Å². The third kappa shape index (κ3) is 6.42. The van der Waals surface area contributed by atoms with Crippen LogP contribution < -0.4 is 24.8 Å². The highest BCUT2D eigenvalue weighted by molar-refractivity contribution is 7.16. The fourth-order valence-electron chi connectivity index (χ4n) is 2.32. The lowest BCUT2D eigenvalue weighted by atomic mass is 10.3. The largest absolute Gasteiger partial charge is 0.494 e. The van der Waals surface area contributed by atoms with E-state index in [1.54, 1.807) is 25.3 Å². The first kappa shape index (κ1) is 22.1. The van der Waals surface area contributed by atoms with E-state index >= 15 is 0 Å². The molecule has 0 saturated heterocycles. The number of aromatic amines is 1. The Morgan fingerprint density at radius 2 is 2.10 bits per heavy atom. The zero-order chi connectivity index (χ0) is 22.2. The molecule has 0 aliphatic carbocycles. The molecule has 3 rings (SSSR count). The second-order valence-corrected chi connectivity index (χ2v) is 8.10. The summed E-state index contributed by atoms with van der Waals surface area (Å²) in [5.41, 5.74) is 0.277. The lowest BCUT2D eigenvalue weighted by Gasteiger charge is -2.00. The van der Waals surface area contributed by atoms with Crippen molar-refractivity contribution in [2.24, 2.45) is 10.2 Å². The summed E-state index contributed by atoms with van der Waals surface area (Å²) in [6, 6.07) is 7.17. The number of carbonyl (C=O) groups excluding carboxylic acids is 1. The van der Waals surface area contributed by atoms with Crippen LogP contribution in [0.15, 0.2) is 45.5 Å². The van der Waals surface area contributed by atoms with Gasteiger partial charge in [-0.2, -0.15) is 5.11 Å². The van der Waals surface area contributed by atoms with Gasteiger partial charge in [0.2, 0.25) is 5.91 Å². The van der Waals surface area contributed by atoms with Crippen molar-refractivity contribution in [3.63, 3.8) is 0 Å². The van der Waals surface area contributed by atoms with Crippen molar-refractivity contribution in [1.82, 2.24) is 9.97 Å². The highest BCUT2D eigenvalue weighted by Gasteiger charge is 2.08. The van der Waals surface area contributed by atoms with E-state index in [1.165, 1.54) is 35.1 Å². The molecule has 3 N–H and O–H groups in total. The molecule has 0 spiro atoms. The van der Waals surface area contributed by atoms with Crippen LogP contribution in [0.25, 0.3) is 12.3 Å². The average molecular weight is 460 g/mol. The molecule has 0 radical (unpaired) electrons. The number of para-hydroxylation sites is 1. The second kappa shape index (κ2) is 10.4.